The summed E-state index contributed by atoms with van der Waals surface area (Å²) in [6.45, 7) is 3.46. The van der Waals surface area contributed by atoms with Crippen molar-refractivity contribution >= 4 is 12.0 Å². The van der Waals surface area contributed by atoms with Crippen LogP contribution < -0.4 is 0 Å². The van der Waals surface area contributed by atoms with Crippen molar-refractivity contribution < 1.29 is 9.21 Å². The molecule has 144 valence electrons. The Morgan fingerprint density at radius 3 is 2.79 bits per heavy atom. The minimum atomic E-state index is -0.0615. The third-order valence-electron chi connectivity index (χ3n) is 5.18. The highest BCUT2D eigenvalue weighted by molar-refractivity contribution is 5.91. The fourth-order valence-electron chi connectivity index (χ4n) is 3.35. The predicted molar refractivity (Wildman–Crippen MR) is 109 cm³/mol. The smallest absolute Gasteiger partial charge is 0.246 e. The average molecular weight is 375 g/mol. The molecular formula is C23H25N3O2. The van der Waals surface area contributed by atoms with Crippen molar-refractivity contribution in [2.75, 3.05) is 7.05 Å². The number of nitrogens with zero attached hydrogens (tertiary/aromatic N) is 3. The van der Waals surface area contributed by atoms with Gasteiger partial charge in [-0.05, 0) is 36.1 Å². The fourth-order valence-corrected chi connectivity index (χ4v) is 3.35. The number of furan rings is 1. The van der Waals surface area contributed by atoms with Crippen LogP contribution in [0.15, 0.2) is 65.4 Å². The first kappa shape index (κ1) is 18.3. The Morgan fingerprint density at radius 1 is 1.25 bits per heavy atom. The minimum Gasteiger partial charge on any atom is -0.461 e. The lowest BCUT2D eigenvalue weighted by Crippen LogP contribution is -2.23. The summed E-state index contributed by atoms with van der Waals surface area (Å²) in [4.78, 5) is 14.1. The van der Waals surface area contributed by atoms with Crippen LogP contribution in [-0.2, 0) is 17.9 Å². The summed E-state index contributed by atoms with van der Waals surface area (Å²) in [5.74, 6) is 2.95. The van der Waals surface area contributed by atoms with Gasteiger partial charge in [0.15, 0.2) is 0 Å². The van der Waals surface area contributed by atoms with Crippen LogP contribution in [0.2, 0.25) is 0 Å². The average Bonchev–Trinajstić information content (AvgIpc) is 3.08. The molecule has 1 aromatic carbocycles. The van der Waals surface area contributed by atoms with E-state index in [1.807, 2.05) is 47.4 Å². The highest BCUT2D eigenvalue weighted by Crippen LogP contribution is 2.47. The Labute approximate surface area is 165 Å². The molecule has 0 aliphatic heterocycles. The molecule has 4 rings (SSSR count). The molecule has 28 heavy (non-hydrogen) atoms. The molecule has 0 spiro atoms. The maximum Gasteiger partial charge on any atom is 0.246 e. The van der Waals surface area contributed by atoms with Crippen LogP contribution in [0.5, 0.6) is 0 Å². The van der Waals surface area contributed by atoms with E-state index >= 15 is 0 Å². The molecule has 1 saturated carbocycles. The van der Waals surface area contributed by atoms with E-state index in [9.17, 15) is 4.79 Å². The van der Waals surface area contributed by atoms with Gasteiger partial charge < -0.3 is 9.32 Å². The van der Waals surface area contributed by atoms with Gasteiger partial charge in [0.1, 0.15) is 11.5 Å². The molecule has 2 heterocycles. The van der Waals surface area contributed by atoms with Crippen molar-refractivity contribution in [1.82, 2.24) is 14.7 Å². The number of carbonyl (C=O) groups excluding carboxylic acids is 1. The molecule has 0 N–H and O–H groups in total. The number of amides is 1. The second kappa shape index (κ2) is 7.89. The van der Waals surface area contributed by atoms with E-state index in [-0.39, 0.29) is 5.91 Å². The highest BCUT2D eigenvalue weighted by atomic mass is 16.3. The fraction of sp³-hybridized carbons (Fsp3) is 0.304. The standard InChI is InChI=1S/C23H25N3O2/c1-17-12-21(17)22-10-8-20(28-22)9-11-23(27)25(2)14-19-13-24-26(16-19)15-18-6-4-3-5-7-18/h3-11,13,16-17,21H,12,14-15H2,1-2H3. The van der Waals surface area contributed by atoms with Gasteiger partial charge in [0, 0.05) is 37.3 Å². The van der Waals surface area contributed by atoms with Crippen molar-refractivity contribution in [2.45, 2.75) is 32.4 Å². The normalized spacial score (nSPS) is 18.5. The Kier molecular flexibility index (Phi) is 5.15. The SMILES string of the molecule is CC1CC1c1ccc(C=CC(=O)N(C)Cc2cnn(Cc3ccccc3)c2)o1. The number of carbonyl (C=O) groups is 1. The summed E-state index contributed by atoms with van der Waals surface area (Å²) >= 11 is 0. The summed E-state index contributed by atoms with van der Waals surface area (Å²) in [5, 5.41) is 4.39. The van der Waals surface area contributed by atoms with Gasteiger partial charge in [0.2, 0.25) is 5.91 Å². The zero-order valence-electron chi connectivity index (χ0n) is 16.3. The van der Waals surface area contributed by atoms with Crippen LogP contribution >= 0.6 is 0 Å². The first-order valence-corrected chi connectivity index (χ1v) is 9.66. The summed E-state index contributed by atoms with van der Waals surface area (Å²) in [6, 6.07) is 14.1. The van der Waals surface area contributed by atoms with Crippen molar-refractivity contribution in [3.8, 4) is 0 Å². The Morgan fingerprint density at radius 2 is 2.04 bits per heavy atom. The van der Waals surface area contributed by atoms with Crippen molar-refractivity contribution in [3.05, 3.63) is 83.6 Å². The first-order chi connectivity index (χ1) is 13.6. The molecule has 0 bridgehead atoms. The summed E-state index contributed by atoms with van der Waals surface area (Å²) < 4.78 is 7.71. The predicted octanol–water partition coefficient (Wildman–Crippen LogP) is 4.32. The van der Waals surface area contributed by atoms with Crippen LogP contribution in [-0.4, -0.2) is 27.6 Å². The highest BCUT2D eigenvalue weighted by Gasteiger charge is 2.36. The second-order valence-corrected chi connectivity index (χ2v) is 7.62. The molecule has 1 amide bonds. The van der Waals surface area contributed by atoms with Crippen LogP contribution in [0.1, 0.15) is 41.9 Å². The molecule has 2 unspecified atom stereocenters. The second-order valence-electron chi connectivity index (χ2n) is 7.62. The topological polar surface area (TPSA) is 51.3 Å². The third-order valence-corrected chi connectivity index (χ3v) is 5.18. The van der Waals surface area contributed by atoms with E-state index < -0.39 is 0 Å². The lowest BCUT2D eigenvalue weighted by atomic mass is 10.2. The summed E-state index contributed by atoms with van der Waals surface area (Å²) in [6.07, 6.45) is 8.29. The lowest BCUT2D eigenvalue weighted by molar-refractivity contribution is -0.125. The monoisotopic (exact) mass is 375 g/mol. The maximum absolute atomic E-state index is 12.4. The Balaban J connectivity index is 1.31. The van der Waals surface area contributed by atoms with Crippen LogP contribution in [0.25, 0.3) is 6.08 Å². The lowest BCUT2D eigenvalue weighted by Gasteiger charge is -2.13. The number of rotatable bonds is 7. The van der Waals surface area contributed by atoms with Gasteiger partial charge in [0.05, 0.1) is 12.7 Å². The van der Waals surface area contributed by atoms with Crippen LogP contribution in [0.4, 0.5) is 0 Å². The van der Waals surface area contributed by atoms with Gasteiger partial charge in [-0.1, -0.05) is 37.3 Å². The Hall–Kier alpha value is -3.08. The summed E-state index contributed by atoms with van der Waals surface area (Å²) in [7, 11) is 1.79. The Bertz CT molecular complexity index is 971. The zero-order valence-corrected chi connectivity index (χ0v) is 16.3. The van der Waals surface area contributed by atoms with Crippen molar-refractivity contribution in [1.29, 1.82) is 0 Å². The van der Waals surface area contributed by atoms with E-state index in [1.54, 1.807) is 24.1 Å². The molecule has 0 saturated heterocycles. The van der Waals surface area contributed by atoms with Gasteiger partial charge in [-0.2, -0.15) is 5.10 Å². The van der Waals surface area contributed by atoms with Gasteiger partial charge in [-0.3, -0.25) is 9.48 Å². The number of hydrogen-bond donors (Lipinski definition) is 0. The molecule has 2 atom stereocenters. The van der Waals surface area contributed by atoms with Crippen LogP contribution in [0.3, 0.4) is 0 Å². The largest absolute Gasteiger partial charge is 0.461 e. The molecular weight excluding hydrogens is 350 g/mol. The molecule has 3 aromatic rings. The molecule has 1 aliphatic carbocycles. The van der Waals surface area contributed by atoms with E-state index in [4.69, 9.17) is 4.42 Å². The number of likely N-dealkylation sites (N-methyl/N-ethyl adjacent to an activating group) is 1. The zero-order chi connectivity index (χ0) is 19.5. The minimum absolute atomic E-state index is 0.0615. The molecule has 5 nitrogen and oxygen atoms in total. The molecule has 0 radical (unpaired) electrons. The first-order valence-electron chi connectivity index (χ1n) is 9.66. The van der Waals surface area contributed by atoms with E-state index in [0.717, 1.165) is 23.6 Å². The number of aromatic nitrogens is 2. The van der Waals surface area contributed by atoms with Crippen molar-refractivity contribution in [2.24, 2.45) is 5.92 Å². The van der Waals surface area contributed by atoms with Gasteiger partial charge >= 0.3 is 0 Å². The van der Waals surface area contributed by atoms with Gasteiger partial charge in [-0.25, -0.2) is 0 Å². The molecule has 1 aliphatic rings. The molecule has 2 aromatic heterocycles. The quantitative estimate of drug-likeness (QED) is 0.578. The van der Waals surface area contributed by atoms with E-state index in [1.165, 1.54) is 12.0 Å². The van der Waals surface area contributed by atoms with Gasteiger partial charge in [0.25, 0.3) is 0 Å². The third kappa shape index (κ3) is 4.42. The maximum atomic E-state index is 12.4. The van der Waals surface area contributed by atoms with E-state index in [0.29, 0.717) is 18.4 Å². The number of hydrogen-bond acceptors (Lipinski definition) is 3. The van der Waals surface area contributed by atoms with Crippen LogP contribution in [0, 0.1) is 5.92 Å². The van der Waals surface area contributed by atoms with Crippen molar-refractivity contribution in [3.63, 3.8) is 0 Å². The summed E-state index contributed by atoms with van der Waals surface area (Å²) in [5.41, 5.74) is 2.20. The molecule has 5 heteroatoms. The van der Waals surface area contributed by atoms with E-state index in [2.05, 4.69) is 24.2 Å². The molecule has 1 fully saturated rings. The van der Waals surface area contributed by atoms with Gasteiger partial charge in [-0.15, -0.1) is 0 Å². The number of benzene rings is 1.